The van der Waals surface area contributed by atoms with E-state index in [1.54, 1.807) is 18.2 Å². The van der Waals surface area contributed by atoms with Gasteiger partial charge in [0.05, 0.1) is 5.41 Å². The molecule has 0 saturated carbocycles. The van der Waals surface area contributed by atoms with E-state index in [9.17, 15) is 9.18 Å². The van der Waals surface area contributed by atoms with E-state index in [0.717, 1.165) is 46.6 Å². The van der Waals surface area contributed by atoms with Gasteiger partial charge in [-0.1, -0.05) is 18.6 Å². The van der Waals surface area contributed by atoms with Crippen LogP contribution >= 0.6 is 0 Å². The van der Waals surface area contributed by atoms with Crippen molar-refractivity contribution < 1.29 is 28.1 Å². The molecule has 41 heavy (non-hydrogen) atoms. The molecule has 214 valence electrons. The summed E-state index contributed by atoms with van der Waals surface area (Å²) >= 11 is 0. The largest absolute Gasteiger partial charge is 0.489 e. The first kappa shape index (κ1) is 27.3. The van der Waals surface area contributed by atoms with Crippen LogP contribution in [0.1, 0.15) is 69.8 Å². The Morgan fingerprint density at radius 1 is 0.976 bits per heavy atom. The number of halogens is 1. The van der Waals surface area contributed by atoms with Gasteiger partial charge in [0.25, 0.3) is 0 Å². The van der Waals surface area contributed by atoms with E-state index in [-0.39, 0.29) is 24.5 Å². The lowest BCUT2D eigenvalue weighted by molar-refractivity contribution is -0.143. The van der Waals surface area contributed by atoms with Crippen molar-refractivity contribution in [2.45, 2.75) is 65.2 Å². The van der Waals surface area contributed by atoms with Crippen molar-refractivity contribution in [1.29, 1.82) is 0 Å². The molecule has 3 aromatic carbocycles. The van der Waals surface area contributed by atoms with Crippen LogP contribution in [-0.2, 0) is 4.79 Å². The van der Waals surface area contributed by atoms with Gasteiger partial charge in [-0.25, -0.2) is 4.39 Å². The highest BCUT2D eigenvalue weighted by molar-refractivity contribution is 5.99. The van der Waals surface area contributed by atoms with Crippen LogP contribution in [0, 0.1) is 11.2 Å². The van der Waals surface area contributed by atoms with Crippen molar-refractivity contribution in [3.05, 3.63) is 83.2 Å². The number of hydrogen-bond acceptors (Lipinski definition) is 6. The van der Waals surface area contributed by atoms with Crippen LogP contribution < -0.4 is 24.3 Å². The van der Waals surface area contributed by atoms with Crippen molar-refractivity contribution in [2.24, 2.45) is 5.41 Å². The molecule has 3 heterocycles. The number of piperidine rings is 1. The van der Waals surface area contributed by atoms with E-state index >= 15 is 0 Å². The topological polar surface area (TPSA) is 66.0 Å². The summed E-state index contributed by atoms with van der Waals surface area (Å²) in [6, 6.07) is 18.3. The molecule has 1 saturated heterocycles. The first-order chi connectivity index (χ1) is 19.7. The third kappa shape index (κ3) is 5.55. The number of nitrogens with one attached hydrogen (secondary N) is 1. The maximum atomic E-state index is 14.3. The highest BCUT2D eigenvalue weighted by Gasteiger charge is 2.36. The number of ether oxygens (including phenoxy) is 4. The van der Waals surface area contributed by atoms with Crippen LogP contribution in [-0.4, -0.2) is 31.3 Å². The highest BCUT2D eigenvalue weighted by Crippen LogP contribution is 2.51. The number of carbonyl (C=O) groups excluding carboxylic acids is 1. The van der Waals surface area contributed by atoms with Crippen molar-refractivity contribution in [1.82, 2.24) is 5.32 Å². The Hall–Kier alpha value is -3.84. The summed E-state index contributed by atoms with van der Waals surface area (Å²) in [6.07, 6.45) is 3.10. The molecule has 0 aliphatic carbocycles. The van der Waals surface area contributed by atoms with E-state index in [1.165, 1.54) is 25.0 Å². The van der Waals surface area contributed by atoms with Crippen molar-refractivity contribution in [3.8, 4) is 23.0 Å². The molecule has 3 atom stereocenters. The van der Waals surface area contributed by atoms with Gasteiger partial charge < -0.3 is 24.3 Å². The van der Waals surface area contributed by atoms with E-state index in [2.05, 4.69) is 12.2 Å². The average Bonchev–Trinajstić information content (AvgIpc) is 2.96. The second kappa shape index (κ2) is 10.9. The zero-order valence-corrected chi connectivity index (χ0v) is 24.0. The summed E-state index contributed by atoms with van der Waals surface area (Å²) in [6.45, 7) is 8.86. The van der Waals surface area contributed by atoms with Crippen molar-refractivity contribution in [3.63, 3.8) is 0 Å². The van der Waals surface area contributed by atoms with Gasteiger partial charge in [0.15, 0.2) is 6.10 Å². The predicted octanol–water partition coefficient (Wildman–Crippen LogP) is 7.12. The van der Waals surface area contributed by atoms with E-state index < -0.39 is 11.5 Å². The summed E-state index contributed by atoms with van der Waals surface area (Å²) in [5.41, 5.74) is 3.83. The summed E-state index contributed by atoms with van der Waals surface area (Å²) in [7, 11) is 0. The van der Waals surface area contributed by atoms with Gasteiger partial charge >= 0.3 is 5.97 Å². The van der Waals surface area contributed by atoms with Crippen LogP contribution in [0.25, 0.3) is 11.1 Å². The lowest BCUT2D eigenvalue weighted by Crippen LogP contribution is -2.44. The second-order valence-electron chi connectivity index (χ2n) is 12.1. The van der Waals surface area contributed by atoms with Gasteiger partial charge in [-0.05, 0) is 89.0 Å². The molecule has 3 unspecified atom stereocenters. The van der Waals surface area contributed by atoms with Gasteiger partial charge in [0.2, 0.25) is 0 Å². The number of hydrogen-bond donors (Lipinski definition) is 1. The molecule has 3 aliphatic heterocycles. The SMILES string of the molecule is CC(Oc1ccc(C2Oc3cc(F)ccc3C3=C2c2ccc(OC(=O)C(C)(C)C)cc2OC3)cc1)C1CCCCN1. The third-order valence-electron chi connectivity index (χ3n) is 7.96. The van der Waals surface area contributed by atoms with E-state index in [0.29, 0.717) is 23.3 Å². The second-order valence-corrected chi connectivity index (χ2v) is 12.1. The van der Waals surface area contributed by atoms with Gasteiger partial charge in [0, 0.05) is 40.4 Å². The van der Waals surface area contributed by atoms with Crippen LogP contribution in [0.4, 0.5) is 4.39 Å². The number of rotatable bonds is 5. The molecule has 0 spiro atoms. The van der Waals surface area contributed by atoms with Crippen LogP contribution in [0.5, 0.6) is 23.0 Å². The van der Waals surface area contributed by atoms with E-state index in [1.807, 2.05) is 51.1 Å². The van der Waals surface area contributed by atoms with Gasteiger partial charge in [-0.3, -0.25) is 4.79 Å². The summed E-state index contributed by atoms with van der Waals surface area (Å²) in [5, 5.41) is 3.56. The zero-order valence-electron chi connectivity index (χ0n) is 24.0. The minimum absolute atomic E-state index is 0.0557. The van der Waals surface area contributed by atoms with E-state index in [4.69, 9.17) is 18.9 Å². The molecule has 0 aromatic heterocycles. The number of carbonyl (C=O) groups is 1. The van der Waals surface area contributed by atoms with Crippen LogP contribution in [0.3, 0.4) is 0 Å². The molecule has 1 N–H and O–H groups in total. The fraction of sp³-hybridized carbons (Fsp3) is 0.382. The standard InChI is InChI=1S/C34H36FNO5/c1-20(28-7-5-6-16-36-28)39-23-11-8-21(9-12-23)32-31-26-15-13-24(40-33(37)34(2,3)4)18-29(26)38-19-27(31)25-14-10-22(35)17-30(25)41-32/h8-15,17-18,20,28,32,36H,5-7,16,19H2,1-4H3. The quantitative estimate of drug-likeness (QED) is 0.266. The third-order valence-corrected chi connectivity index (χ3v) is 7.96. The first-order valence-corrected chi connectivity index (χ1v) is 14.4. The molecule has 0 amide bonds. The summed E-state index contributed by atoms with van der Waals surface area (Å²) in [5.74, 6) is 1.63. The maximum absolute atomic E-state index is 14.3. The molecule has 6 nitrogen and oxygen atoms in total. The molecule has 3 aromatic rings. The Bertz CT molecular complexity index is 1480. The Labute approximate surface area is 240 Å². The van der Waals surface area contributed by atoms with Crippen molar-refractivity contribution >= 4 is 17.1 Å². The summed E-state index contributed by atoms with van der Waals surface area (Å²) < 4.78 is 38.8. The first-order valence-electron chi connectivity index (χ1n) is 14.4. The fourth-order valence-corrected chi connectivity index (χ4v) is 5.64. The van der Waals surface area contributed by atoms with Crippen LogP contribution in [0.2, 0.25) is 0 Å². The van der Waals surface area contributed by atoms with Crippen molar-refractivity contribution in [2.75, 3.05) is 13.2 Å². The lowest BCUT2D eigenvalue weighted by atomic mass is 9.84. The molecule has 3 aliphatic rings. The number of fused-ring (bicyclic) bond motifs is 4. The number of benzene rings is 3. The Kier molecular flexibility index (Phi) is 7.24. The maximum Gasteiger partial charge on any atom is 0.316 e. The normalized spacial score (nSPS) is 20.5. The molecule has 0 radical (unpaired) electrons. The lowest BCUT2D eigenvalue weighted by Gasteiger charge is -2.35. The minimum Gasteiger partial charge on any atom is -0.489 e. The minimum atomic E-state index is -0.631. The smallest absolute Gasteiger partial charge is 0.316 e. The van der Waals surface area contributed by atoms with Crippen LogP contribution in [0.15, 0.2) is 60.7 Å². The predicted molar refractivity (Wildman–Crippen MR) is 156 cm³/mol. The molecule has 7 heteroatoms. The Balaban J connectivity index is 1.33. The van der Waals surface area contributed by atoms with Gasteiger partial charge in [-0.2, -0.15) is 0 Å². The monoisotopic (exact) mass is 557 g/mol. The average molecular weight is 558 g/mol. The highest BCUT2D eigenvalue weighted by atomic mass is 19.1. The fourth-order valence-electron chi connectivity index (χ4n) is 5.64. The Morgan fingerprint density at radius 2 is 1.73 bits per heavy atom. The molecule has 6 rings (SSSR count). The van der Waals surface area contributed by atoms with Gasteiger partial charge in [-0.15, -0.1) is 0 Å². The van der Waals surface area contributed by atoms with Gasteiger partial charge in [0.1, 0.15) is 41.5 Å². The molecule has 0 bridgehead atoms. The number of esters is 1. The summed E-state index contributed by atoms with van der Waals surface area (Å²) in [4.78, 5) is 12.5. The molecular weight excluding hydrogens is 521 g/mol. The Morgan fingerprint density at radius 3 is 2.46 bits per heavy atom. The molecular formula is C34H36FNO5. The zero-order chi connectivity index (χ0) is 28.7. The molecule has 1 fully saturated rings.